The van der Waals surface area contributed by atoms with Crippen molar-refractivity contribution in [2.24, 2.45) is 0 Å². The summed E-state index contributed by atoms with van der Waals surface area (Å²) in [5, 5.41) is 5.53. The van der Waals surface area contributed by atoms with Crippen LogP contribution >= 0.6 is 11.3 Å². The number of ether oxygens (including phenoxy) is 1. The van der Waals surface area contributed by atoms with Crippen LogP contribution in [0.4, 0.5) is 0 Å². The van der Waals surface area contributed by atoms with E-state index in [1.807, 2.05) is 6.07 Å². The van der Waals surface area contributed by atoms with E-state index in [1.165, 1.54) is 18.2 Å². The Kier molecular flexibility index (Phi) is 5.61. The van der Waals surface area contributed by atoms with Gasteiger partial charge in [0.15, 0.2) is 9.84 Å². The summed E-state index contributed by atoms with van der Waals surface area (Å²) in [5.41, 5.74) is 1.01. The Labute approximate surface area is 136 Å². The highest BCUT2D eigenvalue weighted by Gasteiger charge is 2.16. The average molecular weight is 339 g/mol. The summed E-state index contributed by atoms with van der Waals surface area (Å²) in [7, 11) is -1.79. The fraction of sp³-hybridized carbons (Fsp3) is 0.375. The van der Waals surface area contributed by atoms with E-state index in [0.29, 0.717) is 5.75 Å². The van der Waals surface area contributed by atoms with E-state index in [0.717, 1.165) is 18.5 Å². The Balaban J connectivity index is 2.05. The molecule has 1 N–H and O–H groups in total. The summed E-state index contributed by atoms with van der Waals surface area (Å²) in [4.78, 5) is 1.58. The molecule has 120 valence electrons. The van der Waals surface area contributed by atoms with Crippen molar-refractivity contribution in [1.82, 2.24) is 5.32 Å². The highest BCUT2D eigenvalue weighted by molar-refractivity contribution is 7.90. The minimum atomic E-state index is -3.28. The summed E-state index contributed by atoms with van der Waals surface area (Å²) in [6.45, 7) is 2.93. The van der Waals surface area contributed by atoms with E-state index in [4.69, 9.17) is 4.74 Å². The number of hydrogen-bond acceptors (Lipinski definition) is 5. The van der Waals surface area contributed by atoms with E-state index < -0.39 is 9.84 Å². The van der Waals surface area contributed by atoms with Crippen LogP contribution < -0.4 is 10.1 Å². The number of hydrogen-bond donors (Lipinski definition) is 1. The molecule has 1 atom stereocenters. The summed E-state index contributed by atoms with van der Waals surface area (Å²) in [6, 6.07) is 9.54. The first kappa shape index (κ1) is 17.0. The quantitative estimate of drug-likeness (QED) is 0.842. The van der Waals surface area contributed by atoms with Gasteiger partial charge in [-0.2, -0.15) is 0 Å². The fourth-order valence-corrected chi connectivity index (χ4v) is 3.78. The summed E-state index contributed by atoms with van der Waals surface area (Å²) in [6.07, 6.45) is 2.17. The molecular weight excluding hydrogens is 318 g/mol. The fourth-order valence-electron chi connectivity index (χ4n) is 2.24. The lowest BCUT2D eigenvalue weighted by molar-refractivity contribution is 0.401. The molecule has 0 fully saturated rings. The number of methoxy groups -OCH3 is 1. The first-order valence-electron chi connectivity index (χ1n) is 7.05. The zero-order valence-electron chi connectivity index (χ0n) is 13.0. The van der Waals surface area contributed by atoms with Crippen molar-refractivity contribution in [3.63, 3.8) is 0 Å². The van der Waals surface area contributed by atoms with Crippen LogP contribution in [0, 0.1) is 0 Å². The molecule has 0 spiro atoms. The normalized spacial score (nSPS) is 13.0. The van der Waals surface area contributed by atoms with Crippen molar-refractivity contribution in [2.75, 3.05) is 19.9 Å². The van der Waals surface area contributed by atoms with Crippen LogP contribution in [-0.4, -0.2) is 28.3 Å². The second-order valence-electron chi connectivity index (χ2n) is 5.19. The van der Waals surface area contributed by atoms with Gasteiger partial charge in [0, 0.05) is 23.7 Å². The minimum absolute atomic E-state index is 0.127. The Morgan fingerprint density at radius 3 is 2.68 bits per heavy atom. The van der Waals surface area contributed by atoms with Crippen molar-refractivity contribution in [3.05, 3.63) is 46.2 Å². The highest BCUT2D eigenvalue weighted by atomic mass is 32.2. The minimum Gasteiger partial charge on any atom is -0.495 e. The number of nitrogens with one attached hydrogen (secondary N) is 1. The van der Waals surface area contributed by atoms with E-state index in [2.05, 4.69) is 29.8 Å². The van der Waals surface area contributed by atoms with Crippen molar-refractivity contribution in [1.29, 1.82) is 0 Å². The molecule has 0 aliphatic carbocycles. The molecule has 1 heterocycles. The average Bonchev–Trinajstić information content (AvgIpc) is 2.98. The maximum Gasteiger partial charge on any atom is 0.179 e. The van der Waals surface area contributed by atoms with Gasteiger partial charge < -0.3 is 10.1 Å². The van der Waals surface area contributed by atoms with Crippen LogP contribution in [0.2, 0.25) is 0 Å². The molecule has 4 nitrogen and oxygen atoms in total. The molecule has 0 saturated carbocycles. The lowest BCUT2D eigenvalue weighted by atomic mass is 10.1. The SMILES string of the molecule is COc1cc([C@@H](C)NCCc2cccs2)ccc1S(C)(=O)=O. The van der Waals surface area contributed by atoms with Crippen LogP contribution in [0.1, 0.15) is 23.4 Å². The topological polar surface area (TPSA) is 55.4 Å². The molecule has 2 aromatic rings. The predicted molar refractivity (Wildman–Crippen MR) is 90.5 cm³/mol. The second kappa shape index (κ2) is 7.26. The van der Waals surface area contributed by atoms with E-state index in [-0.39, 0.29) is 10.9 Å². The zero-order chi connectivity index (χ0) is 16.2. The van der Waals surface area contributed by atoms with Gasteiger partial charge in [-0.05, 0) is 42.5 Å². The predicted octanol–water partition coefficient (Wildman–Crippen LogP) is 3.05. The number of benzene rings is 1. The van der Waals surface area contributed by atoms with Crippen LogP contribution in [0.25, 0.3) is 0 Å². The lowest BCUT2D eigenvalue weighted by Gasteiger charge is -2.16. The van der Waals surface area contributed by atoms with Gasteiger partial charge in [-0.1, -0.05) is 12.1 Å². The van der Waals surface area contributed by atoms with E-state index in [9.17, 15) is 8.42 Å². The largest absolute Gasteiger partial charge is 0.495 e. The molecule has 6 heteroatoms. The number of sulfone groups is 1. The molecule has 2 rings (SSSR count). The van der Waals surface area contributed by atoms with Gasteiger partial charge in [0.1, 0.15) is 10.6 Å². The maximum absolute atomic E-state index is 11.7. The summed E-state index contributed by atoms with van der Waals surface area (Å²) < 4.78 is 28.6. The van der Waals surface area contributed by atoms with Crippen LogP contribution in [0.3, 0.4) is 0 Å². The molecule has 0 bridgehead atoms. The third kappa shape index (κ3) is 4.32. The van der Waals surface area contributed by atoms with Crippen molar-refractivity contribution in [2.45, 2.75) is 24.3 Å². The molecule has 1 aromatic carbocycles. The van der Waals surface area contributed by atoms with E-state index >= 15 is 0 Å². The van der Waals surface area contributed by atoms with Crippen molar-refractivity contribution in [3.8, 4) is 5.75 Å². The lowest BCUT2D eigenvalue weighted by Crippen LogP contribution is -2.21. The van der Waals surface area contributed by atoms with Gasteiger partial charge in [0.2, 0.25) is 0 Å². The van der Waals surface area contributed by atoms with Crippen LogP contribution in [-0.2, 0) is 16.3 Å². The Morgan fingerprint density at radius 2 is 2.09 bits per heavy atom. The third-order valence-corrected chi connectivity index (χ3v) is 5.56. The second-order valence-corrected chi connectivity index (χ2v) is 8.20. The summed E-state index contributed by atoms with van der Waals surface area (Å²) >= 11 is 1.75. The molecule has 0 radical (unpaired) electrons. The zero-order valence-corrected chi connectivity index (χ0v) is 14.6. The molecule has 0 amide bonds. The maximum atomic E-state index is 11.7. The number of rotatable bonds is 7. The molecule has 0 aliphatic rings. The molecule has 0 unspecified atom stereocenters. The standard InChI is InChI=1S/C16H21NO3S2/c1-12(17-9-8-14-5-4-10-21-14)13-6-7-16(22(3,18)19)15(11-13)20-2/h4-7,10-12,17H,8-9H2,1-3H3/t12-/m1/s1. The van der Waals surface area contributed by atoms with Crippen molar-refractivity contribution >= 4 is 21.2 Å². The molecule has 0 aliphatic heterocycles. The van der Waals surface area contributed by atoms with Crippen LogP contribution in [0.5, 0.6) is 5.75 Å². The van der Waals surface area contributed by atoms with Gasteiger partial charge in [-0.3, -0.25) is 0 Å². The van der Waals surface area contributed by atoms with Gasteiger partial charge in [0.25, 0.3) is 0 Å². The Bertz CT molecular complexity index is 709. The Morgan fingerprint density at radius 1 is 1.32 bits per heavy atom. The number of thiophene rings is 1. The molecular formula is C16H21NO3S2. The summed E-state index contributed by atoms with van der Waals surface area (Å²) in [5.74, 6) is 0.395. The highest BCUT2D eigenvalue weighted by Crippen LogP contribution is 2.27. The van der Waals surface area contributed by atoms with Gasteiger partial charge in [-0.25, -0.2) is 8.42 Å². The molecule has 1 aromatic heterocycles. The van der Waals surface area contributed by atoms with Crippen LogP contribution in [0.15, 0.2) is 40.6 Å². The first-order chi connectivity index (χ1) is 10.4. The molecule has 22 heavy (non-hydrogen) atoms. The third-order valence-electron chi connectivity index (χ3n) is 3.49. The monoisotopic (exact) mass is 339 g/mol. The van der Waals surface area contributed by atoms with Gasteiger partial charge >= 0.3 is 0 Å². The Hall–Kier alpha value is -1.37. The van der Waals surface area contributed by atoms with E-state index in [1.54, 1.807) is 23.5 Å². The molecule has 0 saturated heterocycles. The van der Waals surface area contributed by atoms with Gasteiger partial charge in [-0.15, -0.1) is 11.3 Å². The van der Waals surface area contributed by atoms with Crippen molar-refractivity contribution < 1.29 is 13.2 Å². The smallest absolute Gasteiger partial charge is 0.179 e. The van der Waals surface area contributed by atoms with Gasteiger partial charge in [0.05, 0.1) is 7.11 Å². The first-order valence-corrected chi connectivity index (χ1v) is 9.82.